The standard InChI is InChI=1S/C5H12N2O2S/c1-3-6-5(10-2)4-7(8)9/h5-6H,3-4H2,1-2H3. The van der Waals surface area contributed by atoms with Gasteiger partial charge in [-0.05, 0) is 12.8 Å². The number of nitro groups is 1. The van der Waals surface area contributed by atoms with Crippen molar-refractivity contribution in [2.45, 2.75) is 12.3 Å². The maximum atomic E-state index is 10.00. The highest BCUT2D eigenvalue weighted by Crippen LogP contribution is 2.01. The van der Waals surface area contributed by atoms with E-state index in [0.717, 1.165) is 6.54 Å². The molecular formula is C5H12N2O2S. The molecule has 0 radical (unpaired) electrons. The van der Waals surface area contributed by atoms with Crippen LogP contribution in [0.25, 0.3) is 0 Å². The first-order valence-corrected chi connectivity index (χ1v) is 4.37. The number of nitrogens with zero attached hydrogens (tertiary/aromatic N) is 1. The third kappa shape index (κ3) is 4.58. The molecule has 0 aliphatic carbocycles. The minimum Gasteiger partial charge on any atom is -0.300 e. The second kappa shape index (κ2) is 5.49. The van der Waals surface area contributed by atoms with Crippen LogP contribution in [0.2, 0.25) is 0 Å². The molecule has 0 heterocycles. The van der Waals surface area contributed by atoms with E-state index in [-0.39, 0.29) is 16.8 Å². The van der Waals surface area contributed by atoms with E-state index in [1.165, 1.54) is 11.8 Å². The van der Waals surface area contributed by atoms with E-state index in [2.05, 4.69) is 5.32 Å². The number of thioether (sulfide) groups is 1. The van der Waals surface area contributed by atoms with Crippen molar-refractivity contribution in [1.82, 2.24) is 5.32 Å². The van der Waals surface area contributed by atoms with Crippen molar-refractivity contribution in [3.63, 3.8) is 0 Å². The largest absolute Gasteiger partial charge is 0.300 e. The molecule has 0 fully saturated rings. The predicted octanol–water partition coefficient (Wildman–Crippen LogP) is 0.562. The minimum absolute atomic E-state index is 0.00495. The van der Waals surface area contributed by atoms with Gasteiger partial charge in [0.25, 0.3) is 0 Å². The van der Waals surface area contributed by atoms with Crippen molar-refractivity contribution in [3.05, 3.63) is 10.1 Å². The predicted molar refractivity (Wildman–Crippen MR) is 42.8 cm³/mol. The molecule has 1 atom stereocenters. The lowest BCUT2D eigenvalue weighted by atomic mass is 10.6. The molecule has 0 aliphatic heterocycles. The molecule has 4 nitrogen and oxygen atoms in total. The van der Waals surface area contributed by atoms with Gasteiger partial charge in [0.05, 0.1) is 0 Å². The Labute approximate surface area is 64.5 Å². The monoisotopic (exact) mass is 164 g/mol. The molecule has 1 N–H and O–H groups in total. The first-order chi connectivity index (χ1) is 4.70. The second-order valence-electron chi connectivity index (χ2n) is 1.80. The first-order valence-electron chi connectivity index (χ1n) is 3.08. The molecule has 10 heavy (non-hydrogen) atoms. The Kier molecular flexibility index (Phi) is 5.33. The Morgan fingerprint density at radius 1 is 1.80 bits per heavy atom. The molecule has 0 saturated heterocycles. The molecule has 0 aliphatic rings. The average Bonchev–Trinajstić information content (AvgIpc) is 1.86. The topological polar surface area (TPSA) is 55.2 Å². The summed E-state index contributed by atoms with van der Waals surface area (Å²) in [5, 5.41) is 12.9. The normalized spacial score (nSPS) is 13.0. The number of nitrogens with one attached hydrogen (secondary N) is 1. The maximum Gasteiger partial charge on any atom is 0.228 e. The molecule has 0 aromatic rings. The highest BCUT2D eigenvalue weighted by Gasteiger charge is 2.10. The summed E-state index contributed by atoms with van der Waals surface area (Å²) in [5.74, 6) is 0. The van der Waals surface area contributed by atoms with Gasteiger partial charge in [0.1, 0.15) is 5.37 Å². The summed E-state index contributed by atoms with van der Waals surface area (Å²) in [4.78, 5) is 9.69. The molecule has 0 saturated carbocycles. The van der Waals surface area contributed by atoms with Crippen LogP contribution in [0.5, 0.6) is 0 Å². The van der Waals surface area contributed by atoms with Crippen LogP contribution >= 0.6 is 11.8 Å². The van der Waals surface area contributed by atoms with E-state index >= 15 is 0 Å². The van der Waals surface area contributed by atoms with E-state index in [9.17, 15) is 10.1 Å². The Morgan fingerprint density at radius 2 is 2.40 bits per heavy atom. The van der Waals surface area contributed by atoms with Crippen LogP contribution in [0.3, 0.4) is 0 Å². The zero-order chi connectivity index (χ0) is 7.98. The van der Waals surface area contributed by atoms with Crippen molar-refractivity contribution in [1.29, 1.82) is 0 Å². The van der Waals surface area contributed by atoms with Crippen molar-refractivity contribution >= 4 is 11.8 Å². The smallest absolute Gasteiger partial charge is 0.228 e. The van der Waals surface area contributed by atoms with Crippen LogP contribution in [-0.4, -0.2) is 29.6 Å². The van der Waals surface area contributed by atoms with Gasteiger partial charge in [0, 0.05) is 4.92 Å². The van der Waals surface area contributed by atoms with Crippen molar-refractivity contribution in [3.8, 4) is 0 Å². The van der Waals surface area contributed by atoms with Gasteiger partial charge in [0.2, 0.25) is 6.54 Å². The van der Waals surface area contributed by atoms with Crippen LogP contribution in [-0.2, 0) is 0 Å². The van der Waals surface area contributed by atoms with Crippen LogP contribution < -0.4 is 5.32 Å². The zero-order valence-electron chi connectivity index (χ0n) is 6.16. The third-order valence-corrected chi connectivity index (χ3v) is 1.92. The van der Waals surface area contributed by atoms with E-state index < -0.39 is 0 Å². The Hall–Kier alpha value is -0.290. The molecule has 0 aromatic carbocycles. The highest BCUT2D eigenvalue weighted by atomic mass is 32.2. The summed E-state index contributed by atoms with van der Waals surface area (Å²) in [6.07, 6.45) is 1.86. The minimum atomic E-state index is -0.302. The Morgan fingerprint density at radius 3 is 2.70 bits per heavy atom. The molecule has 0 amide bonds. The Bertz CT molecular complexity index is 110. The Balaban J connectivity index is 3.49. The second-order valence-corrected chi connectivity index (χ2v) is 2.84. The van der Waals surface area contributed by atoms with Crippen LogP contribution in [0, 0.1) is 10.1 Å². The molecule has 1 unspecified atom stereocenters. The van der Waals surface area contributed by atoms with Gasteiger partial charge in [0.15, 0.2) is 0 Å². The number of hydrogen-bond donors (Lipinski definition) is 1. The summed E-state index contributed by atoms with van der Waals surface area (Å²) in [7, 11) is 0. The molecular weight excluding hydrogens is 152 g/mol. The lowest BCUT2D eigenvalue weighted by Gasteiger charge is -2.08. The van der Waals surface area contributed by atoms with Crippen LogP contribution in [0.4, 0.5) is 0 Å². The number of hydrogen-bond acceptors (Lipinski definition) is 4. The number of likely N-dealkylation sites (N-methyl/N-ethyl adjacent to an activating group) is 1. The summed E-state index contributed by atoms with van der Waals surface area (Å²) in [6, 6.07) is 0. The molecule has 0 aromatic heterocycles. The summed E-state index contributed by atoms with van der Waals surface area (Å²) < 4.78 is 0. The zero-order valence-corrected chi connectivity index (χ0v) is 6.98. The van der Waals surface area contributed by atoms with E-state index in [1.54, 1.807) is 0 Å². The van der Waals surface area contributed by atoms with E-state index in [1.807, 2.05) is 13.2 Å². The quantitative estimate of drug-likeness (QED) is 0.366. The lowest BCUT2D eigenvalue weighted by molar-refractivity contribution is -0.479. The first kappa shape index (κ1) is 9.71. The molecule has 0 rings (SSSR count). The SMILES string of the molecule is CCNC(C[N+](=O)[O-])SC. The fourth-order valence-electron chi connectivity index (χ4n) is 0.585. The number of rotatable bonds is 5. The van der Waals surface area contributed by atoms with Crippen molar-refractivity contribution < 1.29 is 4.92 Å². The van der Waals surface area contributed by atoms with Gasteiger partial charge in [-0.15, -0.1) is 11.8 Å². The van der Waals surface area contributed by atoms with E-state index in [0.29, 0.717) is 0 Å². The third-order valence-electron chi connectivity index (χ3n) is 1.03. The van der Waals surface area contributed by atoms with Crippen molar-refractivity contribution in [2.75, 3.05) is 19.3 Å². The highest BCUT2D eigenvalue weighted by molar-refractivity contribution is 7.99. The molecule has 60 valence electrons. The van der Waals surface area contributed by atoms with Gasteiger partial charge in [-0.3, -0.25) is 10.1 Å². The maximum absolute atomic E-state index is 10.00. The van der Waals surface area contributed by atoms with Gasteiger partial charge in [-0.25, -0.2) is 0 Å². The summed E-state index contributed by atoms with van der Waals surface area (Å²) in [6.45, 7) is 2.71. The van der Waals surface area contributed by atoms with Gasteiger partial charge in [-0.2, -0.15) is 0 Å². The van der Waals surface area contributed by atoms with Gasteiger partial charge in [-0.1, -0.05) is 6.92 Å². The summed E-state index contributed by atoms with van der Waals surface area (Å²) in [5.41, 5.74) is 0. The van der Waals surface area contributed by atoms with E-state index in [4.69, 9.17) is 0 Å². The molecule has 5 heteroatoms. The summed E-state index contributed by atoms with van der Waals surface area (Å²) >= 11 is 1.47. The average molecular weight is 164 g/mol. The lowest BCUT2D eigenvalue weighted by Crippen LogP contribution is -2.32. The van der Waals surface area contributed by atoms with Crippen LogP contribution in [0.1, 0.15) is 6.92 Å². The molecule has 0 spiro atoms. The molecule has 0 bridgehead atoms. The fourth-order valence-corrected chi connectivity index (χ4v) is 1.19. The van der Waals surface area contributed by atoms with Crippen molar-refractivity contribution in [2.24, 2.45) is 0 Å². The van der Waals surface area contributed by atoms with Gasteiger partial charge < -0.3 is 5.32 Å². The fraction of sp³-hybridized carbons (Fsp3) is 1.00. The van der Waals surface area contributed by atoms with Crippen LogP contribution in [0.15, 0.2) is 0 Å². The van der Waals surface area contributed by atoms with Gasteiger partial charge >= 0.3 is 0 Å².